The van der Waals surface area contributed by atoms with Gasteiger partial charge in [-0.1, -0.05) is 13.8 Å². The summed E-state index contributed by atoms with van der Waals surface area (Å²) in [6.07, 6.45) is 1.37. The molecule has 8 nitrogen and oxygen atoms in total. The smallest absolute Gasteiger partial charge is 0.287 e. The molecule has 3 amide bonds. The average Bonchev–Trinajstić information content (AvgIpc) is 3.19. The quantitative estimate of drug-likeness (QED) is 0.713. The molecule has 0 spiro atoms. The minimum Gasteiger partial charge on any atom is -0.466 e. The second-order valence-corrected chi connectivity index (χ2v) is 5.94. The maximum absolute atomic E-state index is 12.3. The van der Waals surface area contributed by atoms with Crippen LogP contribution in [0.15, 0.2) is 33.3 Å². The van der Waals surface area contributed by atoms with Gasteiger partial charge in [0.1, 0.15) is 17.6 Å². The number of rotatable bonds is 5. The normalized spacial score (nSPS) is 11.9. The topological polar surface area (TPSA) is 114 Å². The van der Waals surface area contributed by atoms with Gasteiger partial charge in [-0.25, -0.2) is 0 Å². The Hall–Kier alpha value is -3.03. The number of hydrogen-bond acceptors (Lipinski definition) is 5. The first-order valence-corrected chi connectivity index (χ1v) is 7.81. The fourth-order valence-electron chi connectivity index (χ4n) is 2.27. The van der Waals surface area contributed by atoms with Crippen LogP contribution in [-0.2, 0) is 4.79 Å². The zero-order chi connectivity index (χ0) is 18.6. The molecule has 1 atom stereocenters. The maximum atomic E-state index is 12.3. The molecule has 0 unspecified atom stereocenters. The number of hydrazine groups is 1. The Bertz CT molecular complexity index is 761. The van der Waals surface area contributed by atoms with Gasteiger partial charge in [0.05, 0.1) is 11.8 Å². The van der Waals surface area contributed by atoms with Gasteiger partial charge in [0, 0.05) is 0 Å². The molecule has 0 bridgehead atoms. The van der Waals surface area contributed by atoms with Crippen molar-refractivity contribution in [2.24, 2.45) is 5.92 Å². The summed E-state index contributed by atoms with van der Waals surface area (Å²) in [4.78, 5) is 36.5. The molecule has 8 heteroatoms. The minimum atomic E-state index is -0.843. The highest BCUT2D eigenvalue weighted by Crippen LogP contribution is 2.13. The maximum Gasteiger partial charge on any atom is 0.287 e. The molecule has 0 radical (unpaired) electrons. The van der Waals surface area contributed by atoms with Crippen LogP contribution in [0.4, 0.5) is 0 Å². The van der Waals surface area contributed by atoms with E-state index in [-0.39, 0.29) is 11.7 Å². The van der Waals surface area contributed by atoms with Gasteiger partial charge in [0.2, 0.25) is 0 Å². The van der Waals surface area contributed by atoms with Crippen LogP contribution in [0.2, 0.25) is 0 Å². The zero-order valence-corrected chi connectivity index (χ0v) is 14.5. The predicted octanol–water partition coefficient (Wildman–Crippen LogP) is 1.71. The van der Waals surface area contributed by atoms with Crippen LogP contribution in [0.1, 0.15) is 46.3 Å². The van der Waals surface area contributed by atoms with E-state index >= 15 is 0 Å². The van der Waals surface area contributed by atoms with E-state index in [9.17, 15) is 14.4 Å². The van der Waals surface area contributed by atoms with Gasteiger partial charge in [0.25, 0.3) is 17.7 Å². The minimum absolute atomic E-state index is 0.104. The van der Waals surface area contributed by atoms with E-state index < -0.39 is 23.8 Å². The summed E-state index contributed by atoms with van der Waals surface area (Å²) in [5, 5.41) is 2.58. The molecule has 134 valence electrons. The molecule has 0 aliphatic carbocycles. The molecule has 25 heavy (non-hydrogen) atoms. The highest BCUT2D eigenvalue weighted by Gasteiger charge is 2.26. The standard InChI is InChI=1S/C17H21N3O5/c1-9(2)14(18-16(22)13-6-5-7-24-13)17(23)20-19-15(21)12-8-10(3)25-11(12)4/h5-9,14H,1-4H3,(H,18,22)(H,19,21)(H,20,23)/t14-/m0/s1. The lowest BCUT2D eigenvalue weighted by atomic mass is 10.0. The van der Waals surface area contributed by atoms with E-state index in [2.05, 4.69) is 16.2 Å². The summed E-state index contributed by atoms with van der Waals surface area (Å²) in [6, 6.07) is 3.81. The first kappa shape index (κ1) is 18.3. The Morgan fingerprint density at radius 3 is 2.32 bits per heavy atom. The van der Waals surface area contributed by atoms with Crippen molar-refractivity contribution < 1.29 is 23.2 Å². The van der Waals surface area contributed by atoms with Crippen molar-refractivity contribution in [3.8, 4) is 0 Å². The van der Waals surface area contributed by atoms with Crippen LogP contribution in [-0.4, -0.2) is 23.8 Å². The first-order chi connectivity index (χ1) is 11.8. The molecule has 0 saturated heterocycles. The van der Waals surface area contributed by atoms with Crippen LogP contribution in [0.5, 0.6) is 0 Å². The third-order valence-corrected chi connectivity index (χ3v) is 3.57. The fraction of sp³-hybridized carbons (Fsp3) is 0.353. The Morgan fingerprint density at radius 2 is 1.80 bits per heavy atom. The fourth-order valence-corrected chi connectivity index (χ4v) is 2.27. The number of nitrogens with one attached hydrogen (secondary N) is 3. The van der Waals surface area contributed by atoms with E-state index in [4.69, 9.17) is 8.83 Å². The molecule has 0 aliphatic heterocycles. The van der Waals surface area contributed by atoms with Gasteiger partial charge in [-0.3, -0.25) is 25.2 Å². The van der Waals surface area contributed by atoms with Gasteiger partial charge in [-0.2, -0.15) is 0 Å². The molecular formula is C17H21N3O5. The Kier molecular flexibility index (Phi) is 5.63. The van der Waals surface area contributed by atoms with Crippen LogP contribution in [0, 0.1) is 19.8 Å². The van der Waals surface area contributed by atoms with E-state index in [0.717, 1.165) is 0 Å². The van der Waals surface area contributed by atoms with Crippen molar-refractivity contribution in [3.05, 3.63) is 47.3 Å². The number of carbonyl (C=O) groups is 3. The molecule has 0 aromatic carbocycles. The van der Waals surface area contributed by atoms with E-state index in [1.165, 1.54) is 12.3 Å². The molecular weight excluding hydrogens is 326 g/mol. The van der Waals surface area contributed by atoms with Crippen molar-refractivity contribution in [2.75, 3.05) is 0 Å². The monoisotopic (exact) mass is 347 g/mol. The van der Waals surface area contributed by atoms with Gasteiger partial charge in [0.15, 0.2) is 5.76 Å². The van der Waals surface area contributed by atoms with Crippen LogP contribution in [0.3, 0.4) is 0 Å². The van der Waals surface area contributed by atoms with Crippen LogP contribution in [0.25, 0.3) is 0 Å². The summed E-state index contributed by atoms with van der Waals surface area (Å²) < 4.78 is 10.3. The highest BCUT2D eigenvalue weighted by atomic mass is 16.3. The lowest BCUT2D eigenvalue weighted by molar-refractivity contribution is -0.124. The summed E-state index contributed by atoms with van der Waals surface area (Å²) >= 11 is 0. The van der Waals surface area contributed by atoms with Gasteiger partial charge < -0.3 is 14.2 Å². The predicted molar refractivity (Wildman–Crippen MR) is 88.6 cm³/mol. The van der Waals surface area contributed by atoms with Crippen molar-refractivity contribution in [3.63, 3.8) is 0 Å². The van der Waals surface area contributed by atoms with Crippen molar-refractivity contribution in [1.82, 2.24) is 16.2 Å². The number of amides is 3. The first-order valence-electron chi connectivity index (χ1n) is 7.81. The third kappa shape index (κ3) is 4.50. The Morgan fingerprint density at radius 1 is 1.08 bits per heavy atom. The molecule has 2 aromatic rings. The van der Waals surface area contributed by atoms with Crippen molar-refractivity contribution >= 4 is 17.7 Å². The van der Waals surface area contributed by atoms with E-state index in [1.807, 2.05) is 0 Å². The SMILES string of the molecule is Cc1cc(C(=O)NNC(=O)[C@@H](NC(=O)c2ccco2)C(C)C)c(C)o1. The summed E-state index contributed by atoms with van der Waals surface area (Å²) in [6.45, 7) is 6.93. The summed E-state index contributed by atoms with van der Waals surface area (Å²) in [5.41, 5.74) is 4.98. The third-order valence-electron chi connectivity index (χ3n) is 3.57. The second-order valence-electron chi connectivity index (χ2n) is 5.94. The Balaban J connectivity index is 1.97. The van der Waals surface area contributed by atoms with Crippen molar-refractivity contribution in [1.29, 1.82) is 0 Å². The number of carbonyl (C=O) groups excluding carboxylic acids is 3. The molecule has 3 N–H and O–H groups in total. The van der Waals surface area contributed by atoms with Gasteiger partial charge >= 0.3 is 0 Å². The Labute approximate surface area is 144 Å². The molecule has 2 heterocycles. The van der Waals surface area contributed by atoms with Crippen LogP contribution < -0.4 is 16.2 Å². The van der Waals surface area contributed by atoms with Crippen molar-refractivity contribution in [2.45, 2.75) is 33.7 Å². The molecule has 0 aliphatic rings. The molecule has 2 rings (SSSR count). The summed E-state index contributed by atoms with van der Waals surface area (Å²) in [7, 11) is 0. The molecule has 0 fully saturated rings. The second kappa shape index (κ2) is 7.69. The number of aryl methyl sites for hydroxylation is 2. The largest absolute Gasteiger partial charge is 0.466 e. The summed E-state index contributed by atoms with van der Waals surface area (Å²) in [5.74, 6) is -0.591. The molecule has 2 aromatic heterocycles. The van der Waals surface area contributed by atoms with Gasteiger partial charge in [-0.05, 0) is 38.0 Å². The average molecular weight is 347 g/mol. The lowest BCUT2D eigenvalue weighted by Crippen LogP contribution is -2.54. The van der Waals surface area contributed by atoms with Crippen LogP contribution >= 0.6 is 0 Å². The zero-order valence-electron chi connectivity index (χ0n) is 14.5. The van der Waals surface area contributed by atoms with E-state index in [0.29, 0.717) is 17.1 Å². The number of hydrogen-bond donors (Lipinski definition) is 3. The van der Waals surface area contributed by atoms with Gasteiger partial charge in [-0.15, -0.1) is 0 Å². The lowest BCUT2D eigenvalue weighted by Gasteiger charge is -2.21. The highest BCUT2D eigenvalue weighted by molar-refractivity contribution is 5.98. The van der Waals surface area contributed by atoms with E-state index in [1.54, 1.807) is 39.8 Å². The number of furan rings is 2. The molecule has 0 saturated carbocycles.